The lowest BCUT2D eigenvalue weighted by atomic mass is 10.0. The molecule has 0 saturated heterocycles. The van der Waals surface area contributed by atoms with Crippen LogP contribution in [0.4, 0.5) is 14.5 Å². The van der Waals surface area contributed by atoms with E-state index < -0.39 is 17.3 Å². The molecular formula is C18H23F2N5OS. The highest BCUT2D eigenvalue weighted by Crippen LogP contribution is 2.27. The maximum Gasteiger partial charge on any atom is 0.280 e. The lowest BCUT2D eigenvalue weighted by molar-refractivity contribution is 0.101. The molecule has 9 heteroatoms. The van der Waals surface area contributed by atoms with Gasteiger partial charge in [-0.25, -0.2) is 13.5 Å². The van der Waals surface area contributed by atoms with E-state index >= 15 is 0 Å². The number of hydrogen-bond donors (Lipinski definition) is 3. The van der Waals surface area contributed by atoms with Crippen LogP contribution in [-0.2, 0) is 24.3 Å². The Balaban J connectivity index is 1.87. The molecule has 2 aromatic rings. The fourth-order valence-corrected chi connectivity index (χ4v) is 4.76. The molecule has 2 atom stereocenters. The van der Waals surface area contributed by atoms with Crippen LogP contribution in [0.1, 0.15) is 54.4 Å². The summed E-state index contributed by atoms with van der Waals surface area (Å²) in [5.41, 5.74) is 1.24. The van der Waals surface area contributed by atoms with Crippen LogP contribution in [0.5, 0.6) is 0 Å². The molecule has 146 valence electrons. The van der Waals surface area contributed by atoms with Gasteiger partial charge in [-0.15, -0.1) is 0 Å². The van der Waals surface area contributed by atoms with E-state index in [0.717, 1.165) is 29.7 Å². The van der Waals surface area contributed by atoms with Gasteiger partial charge in [-0.2, -0.15) is 0 Å². The van der Waals surface area contributed by atoms with E-state index in [0.29, 0.717) is 12.1 Å². The van der Waals surface area contributed by atoms with Crippen LogP contribution in [0.25, 0.3) is 0 Å². The monoisotopic (exact) mass is 395 g/mol. The number of pyridine rings is 1. The van der Waals surface area contributed by atoms with Crippen molar-refractivity contribution in [3.8, 4) is 0 Å². The number of rotatable bonds is 5. The van der Waals surface area contributed by atoms with E-state index in [1.807, 2.05) is 6.20 Å². The van der Waals surface area contributed by atoms with Crippen LogP contribution in [0.15, 0.2) is 29.4 Å². The summed E-state index contributed by atoms with van der Waals surface area (Å²) in [7, 11) is 0.879. The minimum absolute atomic E-state index is 0.262. The normalized spacial score (nSPS) is 19.6. The number of nitrogens with zero attached hydrogens (tertiary/aromatic N) is 2. The van der Waals surface area contributed by atoms with Crippen LogP contribution >= 0.6 is 0 Å². The Hall–Kier alpha value is -2.13. The summed E-state index contributed by atoms with van der Waals surface area (Å²) in [5.74, 6) is -0.365. The summed E-state index contributed by atoms with van der Waals surface area (Å²) in [5, 5.41) is 2.69. The third-order valence-electron chi connectivity index (χ3n) is 4.61. The zero-order chi connectivity index (χ0) is 19.6. The Morgan fingerprint density at radius 1 is 1.56 bits per heavy atom. The average molecular weight is 395 g/mol. The standard InChI is InChI=1S/C18H23F2N5OS/c1-3-4-11-5-6-13-15(27(21)24-11)10-25(2)16(13)18(26)23-12-7-8-22-14(9-12)17(19)20/h7-11,17H,3-6H2,1-2H3,(H2,21,24)(H,22,23,26)/t11-,27?/m0/s1. The molecule has 1 aliphatic heterocycles. The largest absolute Gasteiger partial charge is 0.345 e. The van der Waals surface area contributed by atoms with Crippen molar-refractivity contribution in [1.29, 1.82) is 4.78 Å². The first-order valence-corrected chi connectivity index (χ1v) is 10.1. The molecule has 0 aliphatic carbocycles. The molecule has 27 heavy (non-hydrogen) atoms. The van der Waals surface area contributed by atoms with Gasteiger partial charge in [-0.1, -0.05) is 13.3 Å². The molecule has 3 rings (SSSR count). The number of amides is 1. The number of aromatic nitrogens is 2. The number of hydrogen-bond acceptors (Lipinski definition) is 3. The first kappa shape index (κ1) is 19.6. The van der Waals surface area contributed by atoms with Crippen molar-refractivity contribution < 1.29 is 13.6 Å². The second-order valence-electron chi connectivity index (χ2n) is 6.60. The number of alkyl halides is 2. The second kappa shape index (κ2) is 8.26. The Labute approximate surface area is 159 Å². The SMILES string of the molecule is CCC[C@H]1CCc2c(cn(C)c2C(=O)Nc2ccnc(C(F)F)c2)S(=N)N1. The molecule has 0 spiro atoms. The minimum Gasteiger partial charge on any atom is -0.345 e. The van der Waals surface area contributed by atoms with E-state index in [1.54, 1.807) is 11.6 Å². The molecule has 2 aromatic heterocycles. The quantitative estimate of drug-likeness (QED) is 0.716. The smallest absolute Gasteiger partial charge is 0.280 e. The molecular weight excluding hydrogens is 372 g/mol. The number of anilines is 1. The lowest BCUT2D eigenvalue weighted by Crippen LogP contribution is -2.28. The van der Waals surface area contributed by atoms with Crippen LogP contribution in [0.3, 0.4) is 0 Å². The topological polar surface area (TPSA) is 82.8 Å². The van der Waals surface area contributed by atoms with Crippen molar-refractivity contribution in [3.63, 3.8) is 0 Å². The number of halogens is 2. The Kier molecular flexibility index (Phi) is 6.01. The van der Waals surface area contributed by atoms with Gasteiger partial charge in [0.1, 0.15) is 11.4 Å². The first-order valence-electron chi connectivity index (χ1n) is 8.86. The Morgan fingerprint density at radius 2 is 2.33 bits per heavy atom. The van der Waals surface area contributed by atoms with Gasteiger partial charge in [-0.3, -0.25) is 14.6 Å². The van der Waals surface area contributed by atoms with Gasteiger partial charge in [-0.05, 0) is 47.8 Å². The molecule has 0 fully saturated rings. The number of carbonyl (C=O) groups is 1. The summed E-state index contributed by atoms with van der Waals surface area (Å²) < 4.78 is 39.1. The highest BCUT2D eigenvalue weighted by Gasteiger charge is 2.26. The molecule has 1 aliphatic rings. The zero-order valence-electron chi connectivity index (χ0n) is 15.3. The van der Waals surface area contributed by atoms with Crippen molar-refractivity contribution in [2.45, 2.75) is 50.0 Å². The van der Waals surface area contributed by atoms with Gasteiger partial charge in [0.25, 0.3) is 12.3 Å². The van der Waals surface area contributed by atoms with E-state index in [1.165, 1.54) is 18.3 Å². The maximum atomic E-state index is 12.9. The molecule has 3 N–H and O–H groups in total. The number of aryl methyl sites for hydroxylation is 1. The van der Waals surface area contributed by atoms with Crippen molar-refractivity contribution in [2.24, 2.45) is 7.05 Å². The third kappa shape index (κ3) is 4.24. The molecule has 1 amide bonds. The van der Waals surface area contributed by atoms with E-state index in [9.17, 15) is 13.6 Å². The number of carbonyl (C=O) groups excluding carboxylic acids is 1. The Morgan fingerprint density at radius 3 is 3.04 bits per heavy atom. The van der Waals surface area contributed by atoms with Gasteiger partial charge in [0, 0.05) is 31.2 Å². The van der Waals surface area contributed by atoms with Crippen molar-refractivity contribution in [3.05, 3.63) is 41.5 Å². The van der Waals surface area contributed by atoms with Gasteiger partial charge in [0.2, 0.25) is 0 Å². The van der Waals surface area contributed by atoms with Gasteiger partial charge < -0.3 is 9.88 Å². The predicted molar refractivity (Wildman–Crippen MR) is 101 cm³/mol. The molecule has 6 nitrogen and oxygen atoms in total. The second-order valence-corrected chi connectivity index (χ2v) is 7.89. The molecule has 3 heterocycles. The Bertz CT molecular complexity index is 867. The molecule has 0 radical (unpaired) electrons. The average Bonchev–Trinajstić information content (AvgIpc) is 2.88. The fourth-order valence-electron chi connectivity index (χ4n) is 3.36. The van der Waals surface area contributed by atoms with E-state index in [2.05, 4.69) is 21.9 Å². The highest BCUT2D eigenvalue weighted by atomic mass is 32.2. The molecule has 0 aromatic carbocycles. The van der Waals surface area contributed by atoms with Crippen LogP contribution < -0.4 is 10.0 Å². The summed E-state index contributed by atoms with van der Waals surface area (Å²) in [4.78, 5) is 17.3. The lowest BCUT2D eigenvalue weighted by Gasteiger charge is -2.15. The summed E-state index contributed by atoms with van der Waals surface area (Å²) in [6.07, 6.45) is 3.97. The van der Waals surface area contributed by atoms with Crippen molar-refractivity contribution >= 4 is 22.5 Å². The third-order valence-corrected chi connectivity index (χ3v) is 5.97. The number of nitrogens with one attached hydrogen (secondary N) is 3. The van der Waals surface area contributed by atoms with Gasteiger partial charge >= 0.3 is 0 Å². The first-order chi connectivity index (χ1) is 12.9. The van der Waals surface area contributed by atoms with Crippen molar-refractivity contribution in [1.82, 2.24) is 14.3 Å². The zero-order valence-corrected chi connectivity index (χ0v) is 16.1. The van der Waals surface area contributed by atoms with Crippen LogP contribution in [-0.4, -0.2) is 21.5 Å². The molecule has 0 bridgehead atoms. The predicted octanol–water partition coefficient (Wildman–Crippen LogP) is 3.97. The van der Waals surface area contributed by atoms with Crippen molar-refractivity contribution in [2.75, 3.05) is 5.32 Å². The minimum atomic E-state index is -2.69. The summed E-state index contributed by atoms with van der Waals surface area (Å²) in [6.45, 7) is 2.11. The summed E-state index contributed by atoms with van der Waals surface area (Å²) in [6, 6.07) is 2.93. The highest BCUT2D eigenvalue weighted by molar-refractivity contribution is 7.84. The van der Waals surface area contributed by atoms with Crippen LogP contribution in [0, 0.1) is 4.78 Å². The van der Waals surface area contributed by atoms with E-state index in [-0.39, 0.29) is 23.3 Å². The fraction of sp³-hybridized carbons (Fsp3) is 0.444. The maximum absolute atomic E-state index is 12.9. The van der Waals surface area contributed by atoms with Gasteiger partial charge in [0.05, 0.1) is 4.90 Å². The summed E-state index contributed by atoms with van der Waals surface area (Å²) >= 11 is 0. The number of fused-ring (bicyclic) bond motifs is 1. The van der Waals surface area contributed by atoms with Crippen LogP contribution in [0.2, 0.25) is 0 Å². The molecule has 1 unspecified atom stereocenters. The molecule has 0 saturated carbocycles. The van der Waals surface area contributed by atoms with E-state index in [4.69, 9.17) is 4.78 Å². The van der Waals surface area contributed by atoms with Gasteiger partial charge in [0.15, 0.2) is 0 Å².